The molecule has 2 atom stereocenters. The van der Waals surface area contributed by atoms with Gasteiger partial charge < -0.3 is 5.32 Å². The zero-order chi connectivity index (χ0) is 28.8. The third-order valence-electron chi connectivity index (χ3n) is 5.51. The first-order chi connectivity index (χ1) is 17.5. The Morgan fingerprint density at radius 1 is 1.00 bits per heavy atom. The normalized spacial score (nSPS) is 14.0. The van der Waals surface area contributed by atoms with Crippen molar-refractivity contribution in [2.75, 3.05) is 0 Å². The second kappa shape index (κ2) is 13.2. The average Bonchev–Trinajstić information content (AvgIpc) is 2.79. The Bertz CT molecular complexity index is 1170. The molecule has 0 aliphatic heterocycles. The second-order valence-electron chi connectivity index (χ2n) is 8.70. The predicted molar refractivity (Wildman–Crippen MR) is 137 cm³/mol. The minimum atomic E-state index is -4.97. The van der Waals surface area contributed by atoms with E-state index < -0.39 is 41.3 Å². The van der Waals surface area contributed by atoms with Crippen LogP contribution < -0.4 is 5.32 Å². The number of alkyl halides is 6. The van der Waals surface area contributed by atoms with Crippen molar-refractivity contribution in [3.8, 4) is 0 Å². The molecule has 0 saturated heterocycles. The molecule has 0 heterocycles. The Morgan fingerprint density at radius 2 is 1.61 bits per heavy atom. The maximum atomic E-state index is 13.8. The van der Waals surface area contributed by atoms with E-state index in [0.29, 0.717) is 25.0 Å². The van der Waals surface area contributed by atoms with E-state index >= 15 is 0 Å². The van der Waals surface area contributed by atoms with Gasteiger partial charge in [-0.3, -0.25) is 9.59 Å². The maximum absolute atomic E-state index is 13.8. The van der Waals surface area contributed by atoms with Crippen molar-refractivity contribution in [1.29, 1.82) is 0 Å². The van der Waals surface area contributed by atoms with Gasteiger partial charge in [0.1, 0.15) is 5.78 Å². The Kier molecular flexibility index (Phi) is 11.1. The first-order valence-electron chi connectivity index (χ1n) is 11.5. The lowest BCUT2D eigenvalue weighted by Crippen LogP contribution is -2.35. The monoisotopic (exact) mass is 601 g/mol. The fourth-order valence-corrected chi connectivity index (χ4v) is 4.25. The molecule has 1 amide bonds. The number of hydrogen-bond donors (Lipinski definition) is 1. The van der Waals surface area contributed by atoms with Gasteiger partial charge in [0.25, 0.3) is 5.91 Å². The molecule has 0 fully saturated rings. The lowest BCUT2D eigenvalue weighted by atomic mass is 9.96. The SMILES string of the molecule is CCCCC(=O)C[C@@H](C)NC(=O)c1ccc(/C=C/C(c2cc(Cl)c(Cl)c(Cl)c2)C(F)(F)F)cc1C(F)(F)F. The van der Waals surface area contributed by atoms with E-state index in [4.69, 9.17) is 34.8 Å². The van der Waals surface area contributed by atoms with Gasteiger partial charge in [-0.15, -0.1) is 0 Å². The van der Waals surface area contributed by atoms with Crippen molar-refractivity contribution in [2.45, 2.75) is 63.8 Å². The number of unbranched alkanes of at least 4 members (excludes halogenated alkanes) is 1. The first-order valence-corrected chi connectivity index (χ1v) is 12.6. The summed E-state index contributed by atoms with van der Waals surface area (Å²) in [5.41, 5.74) is -2.63. The number of rotatable bonds is 10. The van der Waals surface area contributed by atoms with Crippen molar-refractivity contribution in [3.05, 3.63) is 73.7 Å². The molecule has 0 saturated carbocycles. The van der Waals surface area contributed by atoms with Crippen LogP contribution in [0.1, 0.15) is 72.5 Å². The van der Waals surface area contributed by atoms with Crippen LogP contribution in [0.4, 0.5) is 26.3 Å². The molecule has 2 aromatic carbocycles. The van der Waals surface area contributed by atoms with Gasteiger partial charge in [-0.1, -0.05) is 66.4 Å². The highest BCUT2D eigenvalue weighted by Gasteiger charge is 2.40. The Labute approximate surface area is 231 Å². The molecule has 1 N–H and O–H groups in total. The van der Waals surface area contributed by atoms with Crippen molar-refractivity contribution in [2.24, 2.45) is 0 Å². The topological polar surface area (TPSA) is 46.2 Å². The molecule has 12 heteroatoms. The van der Waals surface area contributed by atoms with E-state index in [2.05, 4.69) is 5.32 Å². The molecule has 0 bridgehead atoms. The van der Waals surface area contributed by atoms with E-state index in [9.17, 15) is 35.9 Å². The molecule has 0 aliphatic rings. The van der Waals surface area contributed by atoms with Gasteiger partial charge in [0.15, 0.2) is 0 Å². The summed E-state index contributed by atoms with van der Waals surface area (Å²) in [6.07, 6.45) is -6.54. The number of hydrogen-bond acceptors (Lipinski definition) is 2. The molecular weight excluding hydrogens is 579 g/mol. The average molecular weight is 603 g/mol. The van der Waals surface area contributed by atoms with Crippen molar-refractivity contribution in [1.82, 2.24) is 5.32 Å². The molecule has 2 rings (SSSR count). The van der Waals surface area contributed by atoms with Crippen LogP contribution >= 0.6 is 34.8 Å². The number of allylic oxidation sites excluding steroid dienone is 1. The van der Waals surface area contributed by atoms with Crippen LogP contribution in [0.25, 0.3) is 6.08 Å². The summed E-state index contributed by atoms with van der Waals surface area (Å²) in [7, 11) is 0. The third kappa shape index (κ3) is 8.92. The van der Waals surface area contributed by atoms with Crippen LogP contribution in [0.15, 0.2) is 36.4 Å². The largest absolute Gasteiger partial charge is 0.417 e. The molecule has 38 heavy (non-hydrogen) atoms. The molecule has 0 radical (unpaired) electrons. The van der Waals surface area contributed by atoms with Gasteiger partial charge in [-0.25, -0.2) is 0 Å². The summed E-state index contributed by atoms with van der Waals surface area (Å²) in [4.78, 5) is 24.5. The highest BCUT2D eigenvalue weighted by Crippen LogP contribution is 2.41. The zero-order valence-corrected chi connectivity index (χ0v) is 22.5. The molecule has 0 aliphatic carbocycles. The number of carbonyl (C=O) groups excluding carboxylic acids is 2. The maximum Gasteiger partial charge on any atom is 0.417 e. The van der Waals surface area contributed by atoms with Gasteiger partial charge in [0.05, 0.1) is 32.1 Å². The van der Waals surface area contributed by atoms with Crippen LogP contribution in [0.3, 0.4) is 0 Å². The quantitative estimate of drug-likeness (QED) is 0.218. The standard InChI is InChI=1S/C26H24Cl3F6NO2/c1-3-4-5-17(37)10-14(2)36-24(38)18-8-6-15(11-20(18)26(33,34)35)7-9-19(25(30,31)32)16-12-21(27)23(29)22(28)13-16/h6-9,11-14,19H,3-5,10H2,1-2H3,(H,36,38)/b9-7+/t14-,19?/m1/s1. The molecule has 1 unspecified atom stereocenters. The highest BCUT2D eigenvalue weighted by atomic mass is 35.5. The molecular formula is C26H24Cl3F6NO2. The Hall–Kier alpha value is -2.23. The number of carbonyl (C=O) groups is 2. The molecule has 0 aromatic heterocycles. The highest BCUT2D eigenvalue weighted by molar-refractivity contribution is 6.48. The third-order valence-corrected chi connectivity index (χ3v) is 6.71. The van der Waals surface area contributed by atoms with Crippen LogP contribution in [-0.2, 0) is 11.0 Å². The molecule has 2 aromatic rings. The number of ketones is 1. The summed E-state index contributed by atoms with van der Waals surface area (Å²) in [6.45, 7) is 3.40. The minimum Gasteiger partial charge on any atom is -0.349 e. The fraction of sp³-hybridized carbons (Fsp3) is 0.385. The summed E-state index contributed by atoms with van der Waals surface area (Å²) in [5.74, 6) is -3.43. The summed E-state index contributed by atoms with van der Waals surface area (Å²) in [6, 6.07) is 3.78. The van der Waals surface area contributed by atoms with E-state index in [0.717, 1.165) is 36.8 Å². The van der Waals surface area contributed by atoms with Crippen LogP contribution in [0, 0.1) is 0 Å². The van der Waals surface area contributed by atoms with E-state index in [-0.39, 0.29) is 38.4 Å². The lowest BCUT2D eigenvalue weighted by molar-refractivity contribution is -0.139. The number of nitrogens with one attached hydrogen (secondary N) is 1. The van der Waals surface area contributed by atoms with Crippen molar-refractivity contribution < 1.29 is 35.9 Å². The number of Topliss-reactive ketones (excluding diaryl/α,β-unsaturated/α-hetero) is 1. The van der Waals surface area contributed by atoms with Gasteiger partial charge in [0.2, 0.25) is 0 Å². The van der Waals surface area contributed by atoms with E-state index in [1.807, 2.05) is 6.92 Å². The molecule has 3 nitrogen and oxygen atoms in total. The lowest BCUT2D eigenvalue weighted by Gasteiger charge is -2.19. The van der Waals surface area contributed by atoms with E-state index in [1.54, 1.807) is 0 Å². The summed E-state index contributed by atoms with van der Waals surface area (Å²) in [5, 5.41) is 1.82. The van der Waals surface area contributed by atoms with Crippen molar-refractivity contribution >= 4 is 52.6 Å². The van der Waals surface area contributed by atoms with Crippen LogP contribution in [0.5, 0.6) is 0 Å². The first kappa shape index (κ1) is 32.0. The smallest absolute Gasteiger partial charge is 0.349 e. The number of benzene rings is 2. The predicted octanol–water partition coefficient (Wildman–Crippen LogP) is 9.29. The Balaban J connectivity index is 2.36. The molecule has 0 spiro atoms. The van der Waals surface area contributed by atoms with Crippen LogP contribution in [-0.4, -0.2) is 23.9 Å². The summed E-state index contributed by atoms with van der Waals surface area (Å²) < 4.78 is 82.6. The minimum absolute atomic E-state index is 0.0362. The fourth-order valence-electron chi connectivity index (χ4n) is 3.64. The van der Waals surface area contributed by atoms with Gasteiger partial charge in [-0.05, 0) is 48.7 Å². The van der Waals surface area contributed by atoms with Gasteiger partial charge in [0, 0.05) is 18.9 Å². The zero-order valence-electron chi connectivity index (χ0n) is 20.2. The summed E-state index contributed by atoms with van der Waals surface area (Å²) >= 11 is 17.5. The Morgan fingerprint density at radius 3 is 2.13 bits per heavy atom. The second-order valence-corrected chi connectivity index (χ2v) is 9.89. The van der Waals surface area contributed by atoms with Gasteiger partial charge in [-0.2, -0.15) is 26.3 Å². The van der Waals surface area contributed by atoms with Crippen LogP contribution in [0.2, 0.25) is 15.1 Å². The number of amides is 1. The van der Waals surface area contributed by atoms with Gasteiger partial charge >= 0.3 is 12.4 Å². The number of halogens is 9. The van der Waals surface area contributed by atoms with E-state index in [1.165, 1.54) is 6.92 Å². The molecule has 208 valence electrons. The van der Waals surface area contributed by atoms with Crippen molar-refractivity contribution in [3.63, 3.8) is 0 Å².